The highest BCUT2D eigenvalue weighted by Crippen LogP contribution is 2.47. The number of amides is 1. The molecule has 33 heavy (non-hydrogen) atoms. The van der Waals surface area contributed by atoms with Crippen molar-refractivity contribution in [3.05, 3.63) is 51.9 Å². The number of nitriles is 1. The van der Waals surface area contributed by atoms with E-state index < -0.39 is 11.7 Å². The topological polar surface area (TPSA) is 107 Å². The maximum absolute atomic E-state index is 13.1. The molecule has 0 radical (unpaired) electrons. The second-order valence-electron chi connectivity index (χ2n) is 9.26. The zero-order valence-corrected chi connectivity index (χ0v) is 18.6. The molecule has 1 atom stereocenters. The van der Waals surface area contributed by atoms with Crippen molar-refractivity contribution in [2.75, 3.05) is 18.4 Å². The van der Waals surface area contributed by atoms with E-state index in [1.165, 1.54) is 4.90 Å². The number of carbonyl (C=O) groups excluding carboxylic acids is 1. The van der Waals surface area contributed by atoms with Crippen LogP contribution in [0.2, 0.25) is 0 Å². The Hall–Kier alpha value is -3.67. The summed E-state index contributed by atoms with van der Waals surface area (Å²) < 4.78 is 15.0. The lowest BCUT2D eigenvalue weighted by atomic mass is 9.92. The first kappa shape index (κ1) is 21.2. The molecular weight excluding hydrogens is 423 g/mol. The van der Waals surface area contributed by atoms with Gasteiger partial charge in [0.05, 0.1) is 36.6 Å². The molecule has 9 heteroatoms. The highest BCUT2D eigenvalue weighted by atomic mass is 19.1. The van der Waals surface area contributed by atoms with Gasteiger partial charge in [-0.1, -0.05) is 0 Å². The van der Waals surface area contributed by atoms with Gasteiger partial charge in [0.15, 0.2) is 5.82 Å². The number of hydrogen-bond donors (Lipinski definition) is 2. The van der Waals surface area contributed by atoms with Crippen molar-refractivity contribution in [2.45, 2.75) is 44.8 Å². The molecule has 5 rings (SSSR count). The van der Waals surface area contributed by atoms with Crippen molar-refractivity contribution in [3.8, 4) is 6.07 Å². The fourth-order valence-electron chi connectivity index (χ4n) is 4.69. The molecule has 2 aliphatic rings. The standard InChI is InChI=1S/C24H25FN6O2/c1-14-11-17(5-6-18(14)23(33)30-12-16(25)13-30)28-21-20-19(7-10-27-22(20)32)31(29-21)24(2,8-9-26)15-3-4-15/h5-7,10-11,15-16H,3-4,8,12-13H2,1-2H3,(H,27,32)(H,28,29)/t24-/m0/s1. The minimum absolute atomic E-state index is 0.132. The summed E-state index contributed by atoms with van der Waals surface area (Å²) >= 11 is 0. The molecule has 0 bridgehead atoms. The van der Waals surface area contributed by atoms with Gasteiger partial charge in [-0.3, -0.25) is 14.3 Å². The average molecular weight is 449 g/mol. The summed E-state index contributed by atoms with van der Waals surface area (Å²) in [7, 11) is 0. The minimum atomic E-state index is -0.945. The number of fused-ring (bicyclic) bond motifs is 1. The number of halogens is 1. The Balaban J connectivity index is 1.51. The third-order valence-corrected chi connectivity index (χ3v) is 6.83. The fraction of sp³-hybridized carbons (Fsp3) is 0.417. The molecule has 3 heterocycles. The first-order valence-electron chi connectivity index (χ1n) is 11.1. The molecule has 1 saturated heterocycles. The van der Waals surface area contributed by atoms with Gasteiger partial charge in [0.25, 0.3) is 11.5 Å². The van der Waals surface area contributed by atoms with E-state index >= 15 is 0 Å². The van der Waals surface area contributed by atoms with E-state index in [0.717, 1.165) is 18.4 Å². The molecular formula is C24H25FN6O2. The SMILES string of the molecule is Cc1cc(Nc2nn([C@@](C)(CC#N)C3CC3)c3cc[nH]c(=O)c23)ccc1C(=O)N1CC(F)C1. The van der Waals surface area contributed by atoms with Gasteiger partial charge in [0.2, 0.25) is 0 Å². The van der Waals surface area contributed by atoms with Crippen LogP contribution < -0.4 is 10.9 Å². The molecule has 1 saturated carbocycles. The van der Waals surface area contributed by atoms with Crippen molar-refractivity contribution in [1.82, 2.24) is 19.7 Å². The predicted molar refractivity (Wildman–Crippen MR) is 122 cm³/mol. The quantitative estimate of drug-likeness (QED) is 0.599. The molecule has 170 valence electrons. The van der Waals surface area contributed by atoms with Crippen LogP contribution in [0.1, 0.15) is 42.1 Å². The van der Waals surface area contributed by atoms with Crippen LogP contribution in [0, 0.1) is 24.2 Å². The Labute approximate surface area is 190 Å². The number of H-pyrrole nitrogens is 1. The number of carbonyl (C=O) groups is 1. The number of aromatic amines is 1. The zero-order valence-electron chi connectivity index (χ0n) is 18.6. The van der Waals surface area contributed by atoms with Crippen LogP contribution in [0.3, 0.4) is 0 Å². The van der Waals surface area contributed by atoms with E-state index in [4.69, 9.17) is 5.10 Å². The lowest BCUT2D eigenvalue weighted by Crippen LogP contribution is -2.51. The number of aryl methyl sites for hydroxylation is 1. The molecule has 1 aliphatic heterocycles. The molecule has 2 aromatic heterocycles. The number of anilines is 2. The summed E-state index contributed by atoms with van der Waals surface area (Å²) in [5, 5.41) is 17.9. The van der Waals surface area contributed by atoms with Gasteiger partial charge in [-0.2, -0.15) is 10.4 Å². The number of likely N-dealkylation sites (tertiary alicyclic amines) is 1. The smallest absolute Gasteiger partial charge is 0.261 e. The number of alkyl halides is 1. The Morgan fingerprint density at radius 3 is 2.76 bits per heavy atom. The second-order valence-corrected chi connectivity index (χ2v) is 9.26. The van der Waals surface area contributed by atoms with E-state index in [9.17, 15) is 19.2 Å². The first-order chi connectivity index (χ1) is 15.8. The number of hydrogen-bond acceptors (Lipinski definition) is 5. The van der Waals surface area contributed by atoms with Crippen LogP contribution >= 0.6 is 0 Å². The van der Waals surface area contributed by atoms with Crippen LogP contribution in [-0.4, -0.2) is 44.8 Å². The van der Waals surface area contributed by atoms with Gasteiger partial charge >= 0.3 is 0 Å². The molecule has 8 nitrogen and oxygen atoms in total. The Morgan fingerprint density at radius 1 is 1.36 bits per heavy atom. The monoisotopic (exact) mass is 448 g/mol. The Morgan fingerprint density at radius 2 is 2.12 bits per heavy atom. The molecule has 1 amide bonds. The minimum Gasteiger partial charge on any atom is -0.338 e. The number of pyridine rings is 1. The number of nitrogens with one attached hydrogen (secondary N) is 2. The van der Waals surface area contributed by atoms with Gasteiger partial charge in [0.1, 0.15) is 11.6 Å². The molecule has 0 spiro atoms. The van der Waals surface area contributed by atoms with E-state index in [2.05, 4.69) is 16.4 Å². The van der Waals surface area contributed by atoms with Gasteiger partial charge in [0, 0.05) is 17.4 Å². The van der Waals surface area contributed by atoms with Crippen molar-refractivity contribution in [3.63, 3.8) is 0 Å². The largest absolute Gasteiger partial charge is 0.338 e. The molecule has 1 aliphatic carbocycles. The van der Waals surface area contributed by atoms with Crippen LogP contribution in [0.15, 0.2) is 35.3 Å². The summed E-state index contributed by atoms with van der Waals surface area (Å²) in [5.74, 6) is 0.555. The summed E-state index contributed by atoms with van der Waals surface area (Å²) in [4.78, 5) is 29.5. The highest BCUT2D eigenvalue weighted by Gasteiger charge is 2.45. The summed E-state index contributed by atoms with van der Waals surface area (Å²) in [6.07, 6.45) is 3.00. The average Bonchev–Trinajstić information content (AvgIpc) is 3.55. The van der Waals surface area contributed by atoms with Gasteiger partial charge in [-0.05, 0) is 62.4 Å². The zero-order chi connectivity index (χ0) is 23.3. The van der Waals surface area contributed by atoms with Crippen LogP contribution in [0.25, 0.3) is 10.9 Å². The van der Waals surface area contributed by atoms with E-state index in [1.807, 2.05) is 30.7 Å². The van der Waals surface area contributed by atoms with Gasteiger partial charge in [-0.25, -0.2) is 4.39 Å². The summed E-state index contributed by atoms with van der Waals surface area (Å²) in [5.41, 5.74) is 1.86. The third-order valence-electron chi connectivity index (χ3n) is 6.83. The number of aromatic nitrogens is 3. The predicted octanol–water partition coefficient (Wildman–Crippen LogP) is 3.61. The second kappa shape index (κ2) is 7.73. The lowest BCUT2D eigenvalue weighted by molar-refractivity contribution is 0.0399. The lowest BCUT2D eigenvalue weighted by Gasteiger charge is -2.34. The van der Waals surface area contributed by atoms with E-state index in [0.29, 0.717) is 40.3 Å². The molecule has 2 fully saturated rings. The highest BCUT2D eigenvalue weighted by molar-refractivity contribution is 5.97. The Kier molecular flexibility index (Phi) is 4.96. The first-order valence-corrected chi connectivity index (χ1v) is 11.1. The molecule has 2 N–H and O–H groups in total. The molecule has 0 unspecified atom stereocenters. The number of benzene rings is 1. The Bertz CT molecular complexity index is 1350. The fourth-order valence-corrected chi connectivity index (χ4v) is 4.69. The van der Waals surface area contributed by atoms with Crippen molar-refractivity contribution >= 4 is 28.3 Å². The molecule has 1 aromatic carbocycles. The van der Waals surface area contributed by atoms with E-state index in [-0.39, 0.29) is 24.6 Å². The number of nitrogens with zero attached hydrogens (tertiary/aromatic N) is 4. The molecule has 3 aromatic rings. The third kappa shape index (κ3) is 3.55. The van der Waals surface area contributed by atoms with Crippen molar-refractivity contribution in [1.29, 1.82) is 5.26 Å². The van der Waals surface area contributed by atoms with Crippen LogP contribution in [0.4, 0.5) is 15.9 Å². The van der Waals surface area contributed by atoms with Gasteiger partial charge < -0.3 is 15.2 Å². The van der Waals surface area contributed by atoms with Crippen LogP contribution in [-0.2, 0) is 5.54 Å². The summed E-state index contributed by atoms with van der Waals surface area (Å²) in [6.45, 7) is 4.11. The van der Waals surface area contributed by atoms with Gasteiger partial charge in [-0.15, -0.1) is 0 Å². The van der Waals surface area contributed by atoms with Crippen molar-refractivity contribution < 1.29 is 9.18 Å². The van der Waals surface area contributed by atoms with E-state index in [1.54, 1.807) is 18.3 Å². The summed E-state index contributed by atoms with van der Waals surface area (Å²) in [6, 6.07) is 9.37. The number of rotatable bonds is 6. The van der Waals surface area contributed by atoms with Crippen molar-refractivity contribution in [2.24, 2.45) is 5.92 Å². The van der Waals surface area contributed by atoms with Crippen LogP contribution in [0.5, 0.6) is 0 Å². The normalized spacial score (nSPS) is 17.9. The maximum atomic E-state index is 13.1. The maximum Gasteiger partial charge on any atom is 0.261 e.